The van der Waals surface area contributed by atoms with E-state index in [-0.39, 0.29) is 0 Å². The van der Waals surface area contributed by atoms with Crippen LogP contribution in [0.4, 0.5) is 5.82 Å². The molecule has 7 heteroatoms. The Morgan fingerprint density at radius 1 is 1.23 bits per heavy atom. The third kappa shape index (κ3) is 4.33. The van der Waals surface area contributed by atoms with Crippen LogP contribution in [0.1, 0.15) is 35.3 Å². The molecule has 0 amide bonds. The number of hydrogen-bond acceptors (Lipinski definition) is 7. The number of anilines is 1. The summed E-state index contributed by atoms with van der Waals surface area (Å²) in [6.07, 6.45) is 6.30. The molecule has 1 aliphatic carbocycles. The standard InChI is InChI=1S/C23H29N5OS/c1-16-5-6-18-19(14-16)30-23-21(18)22(25-9-7-17-4-2-3-8-24-17)26-20(27-23)15-28-10-12-29-13-11-28/h2-4,8,16H,5-7,9-15H2,1H3,(H,25,26,27)/t16-/m1/s1. The fraction of sp³-hybridized carbons (Fsp3) is 0.522. The van der Waals surface area contributed by atoms with Crippen LogP contribution in [0.5, 0.6) is 0 Å². The van der Waals surface area contributed by atoms with E-state index in [9.17, 15) is 0 Å². The Kier molecular flexibility index (Phi) is 5.93. The maximum atomic E-state index is 5.49. The third-order valence-corrected chi connectivity index (χ3v) is 7.22. The van der Waals surface area contributed by atoms with Gasteiger partial charge in [0, 0.05) is 42.8 Å². The molecule has 0 aromatic carbocycles. The monoisotopic (exact) mass is 423 g/mol. The quantitative estimate of drug-likeness (QED) is 0.652. The molecule has 1 saturated heterocycles. The Morgan fingerprint density at radius 3 is 2.97 bits per heavy atom. The molecule has 3 aromatic rings. The first kappa shape index (κ1) is 19.8. The van der Waals surface area contributed by atoms with Gasteiger partial charge in [0.2, 0.25) is 0 Å². The molecular formula is C23H29N5OS. The van der Waals surface area contributed by atoms with Crippen molar-refractivity contribution < 1.29 is 4.74 Å². The average molecular weight is 424 g/mol. The summed E-state index contributed by atoms with van der Waals surface area (Å²) in [5.74, 6) is 2.68. The predicted molar refractivity (Wildman–Crippen MR) is 121 cm³/mol. The maximum Gasteiger partial charge on any atom is 0.146 e. The van der Waals surface area contributed by atoms with E-state index >= 15 is 0 Å². The fourth-order valence-corrected chi connectivity index (χ4v) is 5.80. The van der Waals surface area contributed by atoms with Gasteiger partial charge in [-0.2, -0.15) is 0 Å². The average Bonchev–Trinajstić information content (AvgIpc) is 3.12. The number of rotatable bonds is 6. The van der Waals surface area contributed by atoms with Crippen LogP contribution < -0.4 is 5.32 Å². The normalized spacial score (nSPS) is 19.7. The molecule has 4 heterocycles. The van der Waals surface area contributed by atoms with Crippen molar-refractivity contribution in [2.75, 3.05) is 38.2 Å². The van der Waals surface area contributed by atoms with Crippen LogP contribution in [0.3, 0.4) is 0 Å². The summed E-state index contributed by atoms with van der Waals surface area (Å²) in [5, 5.41) is 4.89. The molecule has 0 radical (unpaired) electrons. The van der Waals surface area contributed by atoms with E-state index < -0.39 is 0 Å². The number of aryl methyl sites for hydroxylation is 1. The highest BCUT2D eigenvalue weighted by molar-refractivity contribution is 7.19. The second-order valence-corrected chi connectivity index (χ2v) is 9.49. The number of morpholine rings is 1. The molecule has 2 aliphatic rings. The van der Waals surface area contributed by atoms with Gasteiger partial charge in [-0.1, -0.05) is 13.0 Å². The van der Waals surface area contributed by atoms with Gasteiger partial charge in [-0.05, 0) is 42.9 Å². The van der Waals surface area contributed by atoms with Gasteiger partial charge < -0.3 is 10.1 Å². The number of hydrogen-bond donors (Lipinski definition) is 1. The highest BCUT2D eigenvalue weighted by atomic mass is 32.1. The Morgan fingerprint density at radius 2 is 2.13 bits per heavy atom. The van der Waals surface area contributed by atoms with Gasteiger partial charge in [-0.15, -0.1) is 11.3 Å². The van der Waals surface area contributed by atoms with Crippen molar-refractivity contribution in [1.29, 1.82) is 0 Å². The number of nitrogens with one attached hydrogen (secondary N) is 1. The van der Waals surface area contributed by atoms with E-state index in [0.717, 1.165) is 80.3 Å². The van der Waals surface area contributed by atoms with Crippen LogP contribution in [0.15, 0.2) is 24.4 Å². The Hall–Kier alpha value is -2.09. The SMILES string of the molecule is C[C@@H]1CCc2c(sc3nc(CN4CCOCC4)nc(NCCc4ccccn4)c23)C1. The first-order valence-corrected chi connectivity index (χ1v) is 11.8. The Balaban J connectivity index is 1.43. The molecular weight excluding hydrogens is 394 g/mol. The molecule has 158 valence electrons. The number of nitrogens with zero attached hydrogens (tertiary/aromatic N) is 4. The second-order valence-electron chi connectivity index (χ2n) is 8.41. The molecule has 1 fully saturated rings. The number of ether oxygens (including phenoxy) is 1. The molecule has 0 spiro atoms. The van der Waals surface area contributed by atoms with Crippen molar-refractivity contribution in [3.8, 4) is 0 Å². The molecule has 0 unspecified atom stereocenters. The lowest BCUT2D eigenvalue weighted by molar-refractivity contribution is 0.0331. The minimum absolute atomic E-state index is 0.756. The first-order valence-electron chi connectivity index (χ1n) is 11.0. The number of aromatic nitrogens is 3. The maximum absolute atomic E-state index is 5.49. The number of pyridine rings is 1. The topological polar surface area (TPSA) is 63.2 Å². The zero-order chi connectivity index (χ0) is 20.3. The summed E-state index contributed by atoms with van der Waals surface area (Å²) >= 11 is 1.88. The summed E-state index contributed by atoms with van der Waals surface area (Å²) < 4.78 is 5.49. The Bertz CT molecular complexity index is 1000. The lowest BCUT2D eigenvalue weighted by atomic mass is 9.89. The lowest BCUT2D eigenvalue weighted by Crippen LogP contribution is -2.36. The largest absolute Gasteiger partial charge is 0.379 e. The van der Waals surface area contributed by atoms with E-state index in [1.807, 2.05) is 29.7 Å². The molecule has 1 atom stereocenters. The Labute approximate surface area is 181 Å². The van der Waals surface area contributed by atoms with Crippen molar-refractivity contribution in [3.63, 3.8) is 0 Å². The van der Waals surface area contributed by atoms with Gasteiger partial charge in [-0.3, -0.25) is 9.88 Å². The van der Waals surface area contributed by atoms with Crippen molar-refractivity contribution in [2.45, 2.75) is 39.2 Å². The van der Waals surface area contributed by atoms with Crippen LogP contribution in [0.2, 0.25) is 0 Å². The van der Waals surface area contributed by atoms with Crippen LogP contribution in [0.25, 0.3) is 10.2 Å². The van der Waals surface area contributed by atoms with Gasteiger partial charge >= 0.3 is 0 Å². The van der Waals surface area contributed by atoms with Gasteiger partial charge in [-0.25, -0.2) is 9.97 Å². The van der Waals surface area contributed by atoms with E-state index in [0.29, 0.717) is 0 Å². The van der Waals surface area contributed by atoms with Crippen molar-refractivity contribution in [1.82, 2.24) is 19.9 Å². The molecule has 3 aromatic heterocycles. The molecule has 6 nitrogen and oxygen atoms in total. The third-order valence-electron chi connectivity index (χ3n) is 6.07. The van der Waals surface area contributed by atoms with E-state index in [1.54, 1.807) is 0 Å². The van der Waals surface area contributed by atoms with E-state index in [4.69, 9.17) is 14.7 Å². The molecule has 1 aliphatic heterocycles. The van der Waals surface area contributed by atoms with Crippen LogP contribution in [-0.4, -0.2) is 52.7 Å². The van der Waals surface area contributed by atoms with Crippen molar-refractivity contribution >= 4 is 27.4 Å². The van der Waals surface area contributed by atoms with Crippen LogP contribution in [0, 0.1) is 5.92 Å². The predicted octanol–water partition coefficient (Wildman–Crippen LogP) is 3.70. The zero-order valence-electron chi connectivity index (χ0n) is 17.6. The summed E-state index contributed by atoms with van der Waals surface area (Å²) in [6.45, 7) is 7.44. The summed E-state index contributed by atoms with van der Waals surface area (Å²) in [7, 11) is 0. The summed E-state index contributed by atoms with van der Waals surface area (Å²) in [6, 6.07) is 6.08. The minimum atomic E-state index is 0.756. The lowest BCUT2D eigenvalue weighted by Gasteiger charge is -2.26. The second kappa shape index (κ2) is 8.96. The molecule has 5 rings (SSSR count). The highest BCUT2D eigenvalue weighted by Gasteiger charge is 2.24. The highest BCUT2D eigenvalue weighted by Crippen LogP contribution is 2.40. The van der Waals surface area contributed by atoms with Crippen molar-refractivity contribution in [3.05, 3.63) is 46.4 Å². The molecule has 0 saturated carbocycles. The minimum Gasteiger partial charge on any atom is -0.379 e. The van der Waals surface area contributed by atoms with E-state index in [1.165, 1.54) is 28.7 Å². The molecule has 1 N–H and O–H groups in total. The van der Waals surface area contributed by atoms with Gasteiger partial charge in [0.25, 0.3) is 0 Å². The summed E-state index contributed by atoms with van der Waals surface area (Å²) in [4.78, 5) is 19.5. The number of fused-ring (bicyclic) bond motifs is 3. The van der Waals surface area contributed by atoms with Gasteiger partial charge in [0.05, 0.1) is 25.1 Å². The molecule has 30 heavy (non-hydrogen) atoms. The van der Waals surface area contributed by atoms with Crippen LogP contribution >= 0.6 is 11.3 Å². The zero-order valence-corrected chi connectivity index (χ0v) is 18.4. The first-order chi connectivity index (χ1) is 14.8. The molecule has 0 bridgehead atoms. The van der Waals surface area contributed by atoms with Gasteiger partial charge in [0.1, 0.15) is 16.5 Å². The van der Waals surface area contributed by atoms with E-state index in [2.05, 4.69) is 28.2 Å². The summed E-state index contributed by atoms with van der Waals surface area (Å²) in [5.41, 5.74) is 2.58. The number of thiophene rings is 1. The fourth-order valence-electron chi connectivity index (χ4n) is 4.40. The van der Waals surface area contributed by atoms with Crippen LogP contribution in [-0.2, 0) is 30.5 Å². The van der Waals surface area contributed by atoms with Gasteiger partial charge in [0.15, 0.2) is 0 Å². The van der Waals surface area contributed by atoms with Crippen molar-refractivity contribution in [2.24, 2.45) is 5.92 Å². The smallest absolute Gasteiger partial charge is 0.146 e.